The van der Waals surface area contributed by atoms with E-state index in [0.29, 0.717) is 30.8 Å². The summed E-state index contributed by atoms with van der Waals surface area (Å²) in [6.45, 7) is 15.5. The number of benzene rings is 1. The van der Waals surface area contributed by atoms with E-state index >= 15 is 0 Å². The van der Waals surface area contributed by atoms with Gasteiger partial charge in [0.25, 0.3) is 0 Å². The molecule has 0 aliphatic heterocycles. The Labute approximate surface area is 249 Å². The van der Waals surface area contributed by atoms with Crippen molar-refractivity contribution in [3.05, 3.63) is 71.7 Å². The zero-order valence-electron chi connectivity index (χ0n) is 26.5. The largest absolute Gasteiger partial charge is 0.508 e. The molecule has 2 rings (SSSR count). The molecule has 2 unspecified atom stereocenters. The molecule has 2 aromatic rings. The fraction of sp³-hybridized carbons (Fsp3) is 0.545. The van der Waals surface area contributed by atoms with Gasteiger partial charge in [0.2, 0.25) is 12.3 Å². The van der Waals surface area contributed by atoms with Crippen LogP contribution in [0.2, 0.25) is 0 Å². The number of allylic oxidation sites excluding steroid dienone is 1. The minimum atomic E-state index is 0.0850. The number of nitrogens with one attached hydrogen (secondary N) is 3. The lowest BCUT2D eigenvalue weighted by atomic mass is 9.94. The highest BCUT2D eigenvalue weighted by Gasteiger charge is 2.23. The molecule has 0 bridgehead atoms. The number of pyridine rings is 1. The lowest BCUT2D eigenvalue weighted by Gasteiger charge is -2.33. The van der Waals surface area contributed by atoms with Crippen LogP contribution in [0.25, 0.3) is 0 Å². The first kappa shape index (κ1) is 37.6. The van der Waals surface area contributed by atoms with E-state index in [-0.39, 0.29) is 5.91 Å². The minimum absolute atomic E-state index is 0.0850. The number of aromatic nitrogens is 1. The Balaban J connectivity index is 0.000000662. The third kappa shape index (κ3) is 18.6. The molecule has 0 spiro atoms. The number of aromatic hydroxyl groups is 1. The van der Waals surface area contributed by atoms with Crippen molar-refractivity contribution in [2.24, 2.45) is 5.92 Å². The first-order valence-corrected chi connectivity index (χ1v) is 15.0. The maximum atomic E-state index is 11.9. The average molecular weight is 570 g/mol. The van der Waals surface area contributed by atoms with Crippen LogP contribution in [0.4, 0.5) is 0 Å². The van der Waals surface area contributed by atoms with Gasteiger partial charge in [-0.15, -0.1) is 0 Å². The molecule has 8 nitrogen and oxygen atoms in total. The smallest absolute Gasteiger partial charge is 0.239 e. The van der Waals surface area contributed by atoms with Crippen LogP contribution in [0.1, 0.15) is 71.6 Å². The highest BCUT2D eigenvalue weighted by atomic mass is 16.3. The van der Waals surface area contributed by atoms with Gasteiger partial charge in [-0.05, 0) is 69.8 Å². The molecule has 0 radical (unpaired) electrons. The van der Waals surface area contributed by atoms with Crippen LogP contribution in [0, 0.1) is 12.8 Å². The van der Waals surface area contributed by atoms with Crippen molar-refractivity contribution >= 4 is 12.3 Å². The summed E-state index contributed by atoms with van der Waals surface area (Å²) in [4.78, 5) is 28.0. The molecule has 0 aliphatic rings. The molecule has 1 heterocycles. The van der Waals surface area contributed by atoms with Gasteiger partial charge in [-0.25, -0.2) is 0 Å². The number of nitrogens with zero attached hydrogens (tertiary/aromatic N) is 2. The third-order valence-electron chi connectivity index (χ3n) is 6.39. The van der Waals surface area contributed by atoms with E-state index in [4.69, 9.17) is 5.11 Å². The van der Waals surface area contributed by atoms with Crippen molar-refractivity contribution in [1.82, 2.24) is 25.8 Å². The van der Waals surface area contributed by atoms with E-state index in [1.165, 1.54) is 11.3 Å². The van der Waals surface area contributed by atoms with Gasteiger partial charge < -0.3 is 26.0 Å². The Kier molecular flexibility index (Phi) is 22.4. The summed E-state index contributed by atoms with van der Waals surface area (Å²) in [5, 5.41) is 17.8. The highest BCUT2D eigenvalue weighted by Crippen LogP contribution is 2.19. The van der Waals surface area contributed by atoms with Gasteiger partial charge in [0.1, 0.15) is 5.75 Å². The molecular formula is C33H55N5O3. The molecule has 1 aromatic carbocycles. The summed E-state index contributed by atoms with van der Waals surface area (Å²) in [5.41, 5.74) is 3.49. The molecule has 230 valence electrons. The maximum Gasteiger partial charge on any atom is 0.239 e. The number of phenolic OH excluding ortho intramolecular Hbond substituents is 1. The number of hydrogen-bond donors (Lipinski definition) is 4. The zero-order chi connectivity index (χ0) is 30.9. The van der Waals surface area contributed by atoms with E-state index in [9.17, 15) is 9.59 Å². The first-order valence-electron chi connectivity index (χ1n) is 15.0. The summed E-state index contributed by atoms with van der Waals surface area (Å²) in [6, 6.07) is 13.3. The predicted octanol–water partition coefficient (Wildman–Crippen LogP) is 5.22. The number of amides is 2. The molecule has 2 amide bonds. The van der Waals surface area contributed by atoms with Gasteiger partial charge in [-0.1, -0.05) is 70.4 Å². The molecule has 41 heavy (non-hydrogen) atoms. The predicted molar refractivity (Wildman–Crippen MR) is 171 cm³/mol. The molecule has 4 N–H and O–H groups in total. The van der Waals surface area contributed by atoms with E-state index in [2.05, 4.69) is 59.6 Å². The molecule has 0 fully saturated rings. The molecule has 1 aromatic heterocycles. The van der Waals surface area contributed by atoms with Crippen molar-refractivity contribution in [3.63, 3.8) is 0 Å². The molecule has 0 saturated carbocycles. The van der Waals surface area contributed by atoms with Gasteiger partial charge in [0, 0.05) is 43.8 Å². The SMILES string of the molecule is CCC/C=C(\C(NCC)C(C)CC)N(C)CC(=O)NCC.Cc1ccc(O)cc1.O=CNCCCc1ccccn1. The summed E-state index contributed by atoms with van der Waals surface area (Å²) >= 11 is 0. The zero-order valence-corrected chi connectivity index (χ0v) is 26.5. The average Bonchev–Trinajstić information content (AvgIpc) is 2.97. The fourth-order valence-corrected chi connectivity index (χ4v) is 3.95. The van der Waals surface area contributed by atoms with Crippen molar-refractivity contribution in [2.75, 3.05) is 33.2 Å². The molecule has 2 atom stereocenters. The molecule has 0 aliphatic carbocycles. The van der Waals surface area contributed by atoms with Crippen molar-refractivity contribution in [2.45, 2.75) is 79.7 Å². The van der Waals surface area contributed by atoms with Crippen LogP contribution in [0.5, 0.6) is 5.75 Å². The van der Waals surface area contributed by atoms with Crippen molar-refractivity contribution in [3.8, 4) is 5.75 Å². The van der Waals surface area contributed by atoms with E-state index in [1.807, 2.05) is 51.2 Å². The molecular weight excluding hydrogens is 514 g/mol. The second-order valence-electron chi connectivity index (χ2n) is 9.98. The third-order valence-corrected chi connectivity index (χ3v) is 6.39. The van der Waals surface area contributed by atoms with Gasteiger partial charge in [0.05, 0.1) is 6.54 Å². The Morgan fingerprint density at radius 3 is 2.29 bits per heavy atom. The number of unbranched alkanes of at least 4 members (excludes halogenated alkanes) is 1. The summed E-state index contributed by atoms with van der Waals surface area (Å²) in [5.74, 6) is 0.960. The molecule has 8 heteroatoms. The fourth-order valence-electron chi connectivity index (χ4n) is 3.95. The van der Waals surface area contributed by atoms with Gasteiger partial charge in [-0.3, -0.25) is 14.6 Å². The first-order chi connectivity index (χ1) is 19.7. The molecule has 0 saturated heterocycles. The maximum absolute atomic E-state index is 11.9. The Morgan fingerprint density at radius 1 is 1.07 bits per heavy atom. The van der Waals surface area contributed by atoms with Crippen LogP contribution in [-0.4, -0.2) is 66.6 Å². The summed E-state index contributed by atoms with van der Waals surface area (Å²) in [6.07, 6.45) is 9.94. The lowest BCUT2D eigenvalue weighted by molar-refractivity contribution is -0.121. The standard InChI is InChI=1S/C17H35N3O.C9H12N2O.C7H8O/c1-7-11-12-15(17(19-10-4)14(5)8-2)20(6)13-16(21)18-9-3;12-8-10-6-3-5-9-4-1-2-7-11-9;1-6-2-4-7(8)5-3-6/h12,14,17,19H,7-11,13H2,1-6H3,(H,18,21);1-2,4,7-8H,3,5-6H2,(H,10,12);2-5,8H,1H3/b15-12+;;. The highest BCUT2D eigenvalue weighted by molar-refractivity contribution is 5.78. The number of aryl methyl sites for hydroxylation is 2. The Hall–Kier alpha value is -3.39. The monoisotopic (exact) mass is 569 g/mol. The Bertz CT molecular complexity index is 930. The lowest BCUT2D eigenvalue weighted by Crippen LogP contribution is -2.44. The number of carbonyl (C=O) groups excluding carboxylic acids is 2. The number of phenols is 1. The van der Waals surface area contributed by atoms with Gasteiger partial charge >= 0.3 is 0 Å². The number of carbonyl (C=O) groups is 2. The number of likely N-dealkylation sites (N-methyl/N-ethyl adjacent to an activating group) is 3. The van der Waals surface area contributed by atoms with E-state index < -0.39 is 0 Å². The van der Waals surface area contributed by atoms with Crippen LogP contribution in [0.15, 0.2) is 60.4 Å². The second kappa shape index (κ2) is 24.4. The van der Waals surface area contributed by atoms with Crippen LogP contribution in [0.3, 0.4) is 0 Å². The van der Waals surface area contributed by atoms with Gasteiger partial charge in [0.15, 0.2) is 0 Å². The van der Waals surface area contributed by atoms with Crippen LogP contribution < -0.4 is 16.0 Å². The number of rotatable bonds is 16. The summed E-state index contributed by atoms with van der Waals surface area (Å²) in [7, 11) is 2.02. The van der Waals surface area contributed by atoms with Crippen LogP contribution >= 0.6 is 0 Å². The minimum Gasteiger partial charge on any atom is -0.508 e. The number of hydrogen-bond acceptors (Lipinski definition) is 6. The summed E-state index contributed by atoms with van der Waals surface area (Å²) < 4.78 is 0. The quantitative estimate of drug-likeness (QED) is 0.163. The van der Waals surface area contributed by atoms with Crippen molar-refractivity contribution in [1.29, 1.82) is 0 Å². The van der Waals surface area contributed by atoms with Crippen LogP contribution in [-0.2, 0) is 16.0 Å². The normalized spacial score (nSPS) is 12.0. The second-order valence-corrected chi connectivity index (χ2v) is 9.98. The van der Waals surface area contributed by atoms with Gasteiger partial charge in [-0.2, -0.15) is 0 Å². The topological polar surface area (TPSA) is 107 Å². The van der Waals surface area contributed by atoms with E-state index in [1.54, 1.807) is 18.3 Å². The Morgan fingerprint density at radius 2 is 1.78 bits per heavy atom. The van der Waals surface area contributed by atoms with E-state index in [0.717, 1.165) is 57.3 Å². The van der Waals surface area contributed by atoms with Crippen molar-refractivity contribution < 1.29 is 14.7 Å².